The van der Waals surface area contributed by atoms with E-state index in [1.807, 2.05) is 0 Å². The van der Waals surface area contributed by atoms with Crippen molar-refractivity contribution in [3.8, 4) is 5.75 Å². The lowest BCUT2D eigenvalue weighted by Gasteiger charge is -2.04. The highest BCUT2D eigenvalue weighted by Crippen LogP contribution is 2.13. The average Bonchev–Trinajstić information content (AvgIpc) is 2.47. The molecule has 7 heteroatoms. The first-order valence-electron chi connectivity index (χ1n) is 4.01. The highest BCUT2D eigenvalue weighted by Gasteiger charge is 2.11. The molecule has 2 heterocycles. The molecule has 0 aliphatic rings. The van der Waals surface area contributed by atoms with Crippen molar-refractivity contribution in [3.05, 3.63) is 24.2 Å². The molecular formula is C7H8BN3O3. The second-order valence-electron chi connectivity index (χ2n) is 2.78. The molecule has 0 spiro atoms. The van der Waals surface area contributed by atoms with Gasteiger partial charge in [0.05, 0.1) is 6.20 Å². The number of fused-ring (bicyclic) bond motifs is 1. The van der Waals surface area contributed by atoms with E-state index in [0.717, 1.165) is 0 Å². The molecule has 2 rings (SSSR count). The second kappa shape index (κ2) is 3.28. The van der Waals surface area contributed by atoms with Crippen LogP contribution in [0.4, 0.5) is 0 Å². The third-order valence-corrected chi connectivity index (χ3v) is 1.79. The molecule has 0 radical (unpaired) electrons. The summed E-state index contributed by atoms with van der Waals surface area (Å²) in [7, 11) is -1.82. The van der Waals surface area contributed by atoms with Gasteiger partial charge in [-0.3, -0.25) is 4.40 Å². The molecule has 0 aliphatic carbocycles. The molecule has 2 aromatic heterocycles. The van der Waals surface area contributed by atoms with Gasteiger partial charge in [0.25, 0.3) is 0 Å². The van der Waals surface area contributed by atoms with Gasteiger partial charge in [0.2, 0.25) is 0 Å². The van der Waals surface area contributed by atoms with Crippen LogP contribution in [0.15, 0.2) is 18.3 Å². The van der Waals surface area contributed by atoms with Crippen LogP contribution < -0.4 is 4.65 Å². The Hall–Kier alpha value is -1.60. The van der Waals surface area contributed by atoms with E-state index in [1.165, 1.54) is 0 Å². The molecule has 0 aromatic carbocycles. The molecule has 0 atom stereocenters. The van der Waals surface area contributed by atoms with E-state index in [9.17, 15) is 0 Å². The third kappa shape index (κ3) is 1.55. The fraction of sp³-hybridized carbons (Fsp3) is 0.143. The van der Waals surface area contributed by atoms with E-state index in [2.05, 4.69) is 14.9 Å². The van der Waals surface area contributed by atoms with Crippen LogP contribution in [-0.4, -0.2) is 32.0 Å². The predicted molar refractivity (Wildman–Crippen MR) is 48.5 cm³/mol. The van der Waals surface area contributed by atoms with E-state index in [1.54, 1.807) is 29.7 Å². The first-order valence-corrected chi connectivity index (χ1v) is 4.01. The Morgan fingerprint density at radius 3 is 2.86 bits per heavy atom. The zero-order valence-electron chi connectivity index (χ0n) is 7.45. The van der Waals surface area contributed by atoms with Gasteiger partial charge in [0.1, 0.15) is 11.6 Å². The first kappa shape index (κ1) is 8.98. The lowest BCUT2D eigenvalue weighted by atomic mass is 10.2. The van der Waals surface area contributed by atoms with Crippen LogP contribution in [0.1, 0.15) is 5.82 Å². The van der Waals surface area contributed by atoms with Crippen LogP contribution in [-0.2, 0) is 0 Å². The highest BCUT2D eigenvalue weighted by molar-refractivity contribution is 6.33. The first-order chi connectivity index (χ1) is 6.66. The van der Waals surface area contributed by atoms with Crippen molar-refractivity contribution in [3.63, 3.8) is 0 Å². The minimum Gasteiger partial charge on any atom is -0.511 e. The largest absolute Gasteiger partial charge is 0.707 e. The van der Waals surface area contributed by atoms with Crippen molar-refractivity contribution in [2.75, 3.05) is 0 Å². The van der Waals surface area contributed by atoms with E-state index >= 15 is 0 Å². The molecule has 14 heavy (non-hydrogen) atoms. The van der Waals surface area contributed by atoms with Crippen LogP contribution in [0.2, 0.25) is 0 Å². The molecule has 0 amide bonds. The summed E-state index contributed by atoms with van der Waals surface area (Å²) in [6.45, 7) is 1.79. The molecule has 0 saturated carbocycles. The zero-order valence-corrected chi connectivity index (χ0v) is 7.45. The molecule has 2 N–H and O–H groups in total. The van der Waals surface area contributed by atoms with Crippen LogP contribution in [0.5, 0.6) is 5.75 Å². The van der Waals surface area contributed by atoms with E-state index in [0.29, 0.717) is 17.2 Å². The maximum absolute atomic E-state index is 8.59. The Labute approximate surface area is 80.0 Å². The Bertz CT molecular complexity index is 456. The van der Waals surface area contributed by atoms with Gasteiger partial charge in [0.15, 0.2) is 5.65 Å². The van der Waals surface area contributed by atoms with Crippen molar-refractivity contribution in [2.45, 2.75) is 6.92 Å². The maximum Gasteiger partial charge on any atom is 0.707 e. The van der Waals surface area contributed by atoms with Gasteiger partial charge >= 0.3 is 7.32 Å². The van der Waals surface area contributed by atoms with Gasteiger partial charge in [-0.25, -0.2) is 0 Å². The lowest BCUT2D eigenvalue weighted by Crippen LogP contribution is -2.20. The van der Waals surface area contributed by atoms with Crippen LogP contribution in [0, 0.1) is 6.92 Å². The van der Waals surface area contributed by atoms with Gasteiger partial charge in [0, 0.05) is 0 Å². The van der Waals surface area contributed by atoms with Crippen molar-refractivity contribution < 1.29 is 14.7 Å². The third-order valence-electron chi connectivity index (χ3n) is 1.79. The van der Waals surface area contributed by atoms with Gasteiger partial charge in [-0.15, -0.1) is 10.2 Å². The normalized spacial score (nSPS) is 10.5. The van der Waals surface area contributed by atoms with E-state index in [4.69, 9.17) is 10.0 Å². The summed E-state index contributed by atoms with van der Waals surface area (Å²) in [5, 5.41) is 24.9. The SMILES string of the molecule is Cc1nnc2ccc(OB(O)O)cn12. The quantitative estimate of drug-likeness (QED) is 0.621. The van der Waals surface area contributed by atoms with Gasteiger partial charge in [-0.1, -0.05) is 0 Å². The number of hydrogen-bond donors (Lipinski definition) is 2. The van der Waals surface area contributed by atoms with Crippen LogP contribution >= 0.6 is 0 Å². The van der Waals surface area contributed by atoms with E-state index < -0.39 is 7.32 Å². The maximum atomic E-state index is 8.59. The Morgan fingerprint density at radius 2 is 2.14 bits per heavy atom. The fourth-order valence-electron chi connectivity index (χ4n) is 1.18. The number of rotatable bonds is 2. The minimum absolute atomic E-state index is 0.343. The molecule has 0 bridgehead atoms. The minimum atomic E-state index is -1.82. The second-order valence-corrected chi connectivity index (χ2v) is 2.78. The van der Waals surface area contributed by atoms with Crippen molar-refractivity contribution in [1.82, 2.24) is 14.6 Å². The van der Waals surface area contributed by atoms with Crippen LogP contribution in [0.3, 0.4) is 0 Å². The summed E-state index contributed by atoms with van der Waals surface area (Å²) in [6.07, 6.45) is 1.59. The lowest BCUT2D eigenvalue weighted by molar-refractivity contribution is 0.287. The summed E-state index contributed by atoms with van der Waals surface area (Å²) in [5.74, 6) is 1.05. The van der Waals surface area contributed by atoms with Gasteiger partial charge in [-0.05, 0) is 19.1 Å². The summed E-state index contributed by atoms with van der Waals surface area (Å²) < 4.78 is 6.37. The fourth-order valence-corrected chi connectivity index (χ4v) is 1.18. The molecule has 72 valence electrons. The summed E-state index contributed by atoms with van der Waals surface area (Å²) in [6, 6.07) is 3.26. The number of aromatic nitrogens is 3. The molecule has 0 fully saturated rings. The number of aryl methyl sites for hydroxylation is 1. The average molecular weight is 193 g/mol. The molecule has 0 saturated heterocycles. The summed E-state index contributed by atoms with van der Waals surface area (Å²) in [5.41, 5.74) is 0.683. The van der Waals surface area contributed by atoms with Crippen molar-refractivity contribution in [1.29, 1.82) is 0 Å². The van der Waals surface area contributed by atoms with E-state index in [-0.39, 0.29) is 0 Å². The summed E-state index contributed by atoms with van der Waals surface area (Å²) >= 11 is 0. The summed E-state index contributed by atoms with van der Waals surface area (Å²) in [4.78, 5) is 0. The highest BCUT2D eigenvalue weighted by atomic mass is 16.6. The molecule has 0 aliphatic heterocycles. The molecule has 6 nitrogen and oxygen atoms in total. The standard InChI is InChI=1S/C7H8BN3O3/c1-5-9-10-7-3-2-6(4-11(5)7)14-8(12)13/h2-4,12-13H,1H3. The van der Waals surface area contributed by atoms with Crippen molar-refractivity contribution >= 4 is 13.0 Å². The molecule has 0 unspecified atom stereocenters. The molecular weight excluding hydrogens is 185 g/mol. The Kier molecular flexibility index (Phi) is 2.10. The van der Waals surface area contributed by atoms with Crippen LogP contribution in [0.25, 0.3) is 5.65 Å². The monoisotopic (exact) mass is 193 g/mol. The van der Waals surface area contributed by atoms with Gasteiger partial charge < -0.3 is 14.7 Å². The number of hydrogen-bond acceptors (Lipinski definition) is 5. The zero-order chi connectivity index (χ0) is 10.1. The number of nitrogens with zero attached hydrogens (tertiary/aromatic N) is 3. The smallest absolute Gasteiger partial charge is 0.511 e. The predicted octanol–water partition coefficient (Wildman–Crippen LogP) is -0.614. The number of pyridine rings is 1. The molecule has 2 aromatic rings. The Balaban J connectivity index is 2.44. The topological polar surface area (TPSA) is 79.9 Å². The van der Waals surface area contributed by atoms with Gasteiger partial charge in [-0.2, -0.15) is 0 Å². The Morgan fingerprint density at radius 1 is 1.36 bits per heavy atom. The van der Waals surface area contributed by atoms with Crippen molar-refractivity contribution in [2.24, 2.45) is 0 Å².